The largest absolute Gasteiger partial charge is 0.409 e. The van der Waals surface area contributed by atoms with Gasteiger partial charge in [-0.05, 0) is 61.3 Å². The molecule has 0 aliphatic heterocycles. The fourth-order valence-corrected chi connectivity index (χ4v) is 4.43. The van der Waals surface area contributed by atoms with E-state index in [1.54, 1.807) is 0 Å². The third-order valence-corrected chi connectivity index (χ3v) is 5.49. The van der Waals surface area contributed by atoms with Gasteiger partial charge in [-0.1, -0.05) is 11.6 Å². The number of nitrogens with two attached hydrogens (primary N) is 1. The van der Waals surface area contributed by atoms with Crippen LogP contribution in [0.2, 0.25) is 0 Å². The highest BCUT2D eigenvalue weighted by molar-refractivity contribution is 6.00. The van der Waals surface area contributed by atoms with Crippen LogP contribution in [0.3, 0.4) is 0 Å². The lowest BCUT2D eigenvalue weighted by atomic mass is 9.89. The normalized spacial score (nSPS) is 28.6. The van der Waals surface area contributed by atoms with Gasteiger partial charge in [0.25, 0.3) is 0 Å². The molecule has 1 aromatic heterocycles. The molecule has 4 nitrogen and oxygen atoms in total. The van der Waals surface area contributed by atoms with E-state index in [1.807, 2.05) is 12.1 Å². The maximum atomic E-state index is 8.77. The monoisotopic (exact) mass is 283 g/mol. The minimum Gasteiger partial charge on any atom is -0.409 e. The van der Waals surface area contributed by atoms with Gasteiger partial charge in [0.1, 0.15) is 0 Å². The van der Waals surface area contributed by atoms with Gasteiger partial charge in [-0.15, -0.1) is 0 Å². The van der Waals surface area contributed by atoms with Crippen LogP contribution in [0.25, 0.3) is 10.9 Å². The van der Waals surface area contributed by atoms with E-state index >= 15 is 0 Å². The van der Waals surface area contributed by atoms with Crippen molar-refractivity contribution in [3.8, 4) is 0 Å². The topological polar surface area (TPSA) is 63.5 Å². The average Bonchev–Trinajstić information content (AvgIpc) is 3.22. The second-order valence-corrected chi connectivity index (χ2v) is 6.66. The number of nitrogens with zero attached hydrogens (tertiary/aromatic N) is 2. The van der Waals surface area contributed by atoms with Gasteiger partial charge in [0.2, 0.25) is 0 Å². The van der Waals surface area contributed by atoms with E-state index in [1.165, 1.54) is 31.2 Å². The van der Waals surface area contributed by atoms with Crippen LogP contribution in [0.15, 0.2) is 35.6 Å². The zero-order valence-corrected chi connectivity index (χ0v) is 12.1. The molecular formula is C17H21N3O. The third kappa shape index (κ3) is 2.09. The Morgan fingerprint density at radius 3 is 2.90 bits per heavy atom. The summed E-state index contributed by atoms with van der Waals surface area (Å²) in [5.41, 5.74) is 7.67. The van der Waals surface area contributed by atoms with E-state index in [0.717, 1.165) is 35.2 Å². The lowest BCUT2D eigenvalue weighted by molar-refractivity contribution is 0.299. The minimum atomic E-state index is 0.165. The number of fused-ring (bicyclic) bond motifs is 3. The van der Waals surface area contributed by atoms with Crippen molar-refractivity contribution >= 4 is 16.7 Å². The van der Waals surface area contributed by atoms with E-state index < -0.39 is 0 Å². The molecule has 1 heterocycles. The van der Waals surface area contributed by atoms with Gasteiger partial charge < -0.3 is 15.5 Å². The zero-order chi connectivity index (χ0) is 14.4. The highest BCUT2D eigenvalue weighted by atomic mass is 16.4. The number of oxime groups is 1. The summed E-state index contributed by atoms with van der Waals surface area (Å²) in [4.78, 5) is 0. The van der Waals surface area contributed by atoms with Gasteiger partial charge in [0, 0.05) is 29.2 Å². The molecule has 2 fully saturated rings. The van der Waals surface area contributed by atoms with Gasteiger partial charge >= 0.3 is 0 Å². The van der Waals surface area contributed by atoms with Crippen molar-refractivity contribution in [2.75, 3.05) is 0 Å². The van der Waals surface area contributed by atoms with Gasteiger partial charge in [0.05, 0.1) is 0 Å². The molecule has 0 amide bonds. The average molecular weight is 283 g/mol. The van der Waals surface area contributed by atoms with Crippen molar-refractivity contribution in [2.24, 2.45) is 28.6 Å². The number of rotatable bonds is 3. The molecule has 2 bridgehead atoms. The Hall–Kier alpha value is -1.97. The molecule has 110 valence electrons. The molecule has 3 atom stereocenters. The van der Waals surface area contributed by atoms with Crippen LogP contribution in [0.4, 0.5) is 0 Å². The molecule has 0 saturated heterocycles. The number of hydrogen-bond donors (Lipinski definition) is 2. The van der Waals surface area contributed by atoms with Crippen molar-refractivity contribution in [3.05, 3.63) is 36.0 Å². The maximum Gasteiger partial charge on any atom is 0.170 e. The van der Waals surface area contributed by atoms with E-state index in [4.69, 9.17) is 10.9 Å². The van der Waals surface area contributed by atoms with E-state index in [-0.39, 0.29) is 5.84 Å². The van der Waals surface area contributed by atoms with Crippen molar-refractivity contribution in [1.29, 1.82) is 0 Å². The quantitative estimate of drug-likeness (QED) is 0.393. The Morgan fingerprint density at radius 1 is 1.29 bits per heavy atom. The molecule has 3 N–H and O–H groups in total. The fraction of sp³-hybridized carbons (Fsp3) is 0.471. The molecule has 2 saturated carbocycles. The Bertz CT molecular complexity index is 703. The highest BCUT2D eigenvalue weighted by Crippen LogP contribution is 2.49. The summed E-state index contributed by atoms with van der Waals surface area (Å²) >= 11 is 0. The molecule has 4 rings (SSSR count). The van der Waals surface area contributed by atoms with Crippen LogP contribution in [0.5, 0.6) is 0 Å². The Balaban J connectivity index is 1.61. The molecule has 2 aliphatic carbocycles. The van der Waals surface area contributed by atoms with Crippen molar-refractivity contribution in [2.45, 2.75) is 32.2 Å². The smallest absolute Gasteiger partial charge is 0.170 e. The second kappa shape index (κ2) is 4.79. The van der Waals surface area contributed by atoms with Crippen LogP contribution in [-0.4, -0.2) is 15.6 Å². The molecule has 2 aromatic rings. The Kier molecular flexibility index (Phi) is 2.91. The second-order valence-electron chi connectivity index (χ2n) is 6.66. The molecule has 0 radical (unpaired) electrons. The first-order valence-corrected chi connectivity index (χ1v) is 7.81. The first kappa shape index (κ1) is 12.7. The van der Waals surface area contributed by atoms with Crippen molar-refractivity contribution < 1.29 is 5.21 Å². The number of benzene rings is 1. The summed E-state index contributed by atoms with van der Waals surface area (Å²) in [5.74, 6) is 2.96. The standard InChI is InChI=1S/C17H21N3O/c18-17(19-21)14-3-4-16-13(9-14)5-6-20(16)10-15-8-11-1-2-12(15)7-11/h3-6,9,11-12,15,21H,1-2,7-8,10H2,(H2,18,19). The summed E-state index contributed by atoms with van der Waals surface area (Å²) in [5, 5.41) is 13.0. The molecular weight excluding hydrogens is 262 g/mol. The van der Waals surface area contributed by atoms with Crippen LogP contribution in [-0.2, 0) is 6.54 Å². The summed E-state index contributed by atoms with van der Waals surface area (Å²) in [6, 6.07) is 8.11. The first-order valence-electron chi connectivity index (χ1n) is 7.81. The molecule has 3 unspecified atom stereocenters. The first-order chi connectivity index (χ1) is 10.2. The molecule has 2 aliphatic rings. The van der Waals surface area contributed by atoms with Gasteiger partial charge in [0.15, 0.2) is 5.84 Å². The molecule has 21 heavy (non-hydrogen) atoms. The van der Waals surface area contributed by atoms with E-state index in [2.05, 4.69) is 28.1 Å². The summed E-state index contributed by atoms with van der Waals surface area (Å²) in [6.07, 6.45) is 7.93. The van der Waals surface area contributed by atoms with Crippen molar-refractivity contribution in [3.63, 3.8) is 0 Å². The fourth-order valence-electron chi connectivity index (χ4n) is 4.43. The van der Waals surface area contributed by atoms with E-state index in [0.29, 0.717) is 0 Å². The molecule has 4 heteroatoms. The lowest BCUT2D eigenvalue weighted by Gasteiger charge is -2.22. The summed E-state index contributed by atoms with van der Waals surface area (Å²) in [7, 11) is 0. The minimum absolute atomic E-state index is 0.165. The maximum absolute atomic E-state index is 8.77. The Morgan fingerprint density at radius 2 is 2.19 bits per heavy atom. The van der Waals surface area contributed by atoms with Crippen molar-refractivity contribution in [1.82, 2.24) is 4.57 Å². The van der Waals surface area contributed by atoms with Gasteiger partial charge in [-0.2, -0.15) is 0 Å². The summed E-state index contributed by atoms with van der Waals surface area (Å²) < 4.78 is 2.37. The number of hydrogen-bond acceptors (Lipinski definition) is 2. The SMILES string of the molecule is N/C(=N/O)c1ccc2c(ccn2CC2CC3CCC2C3)c1. The van der Waals surface area contributed by atoms with E-state index in [9.17, 15) is 0 Å². The molecule has 0 spiro atoms. The van der Waals surface area contributed by atoms with Crippen LogP contribution < -0.4 is 5.73 Å². The number of amidine groups is 1. The lowest BCUT2D eigenvalue weighted by Crippen LogP contribution is -2.16. The molecule has 1 aromatic carbocycles. The van der Waals surface area contributed by atoms with Crippen LogP contribution in [0.1, 0.15) is 31.2 Å². The van der Waals surface area contributed by atoms with Crippen LogP contribution >= 0.6 is 0 Å². The predicted molar refractivity (Wildman–Crippen MR) is 83.4 cm³/mol. The Labute approximate surface area is 124 Å². The van der Waals surface area contributed by atoms with Crippen LogP contribution in [0, 0.1) is 17.8 Å². The van der Waals surface area contributed by atoms with Gasteiger partial charge in [-0.25, -0.2) is 0 Å². The number of aromatic nitrogens is 1. The zero-order valence-electron chi connectivity index (χ0n) is 12.1. The predicted octanol–water partition coefficient (Wildman–Crippen LogP) is 3.17. The van der Waals surface area contributed by atoms with Gasteiger partial charge in [-0.3, -0.25) is 0 Å². The summed E-state index contributed by atoms with van der Waals surface area (Å²) in [6.45, 7) is 1.13. The third-order valence-electron chi connectivity index (χ3n) is 5.49. The highest BCUT2D eigenvalue weighted by Gasteiger charge is 2.39.